The Balaban J connectivity index is 1.55. The number of nitrogens with one attached hydrogen (secondary N) is 1. The molecule has 8 nitrogen and oxygen atoms in total. The fourth-order valence-electron chi connectivity index (χ4n) is 5.59. The van der Waals surface area contributed by atoms with E-state index in [0.717, 1.165) is 12.3 Å². The number of amides is 1. The van der Waals surface area contributed by atoms with Crippen LogP contribution < -0.4 is 4.72 Å². The van der Waals surface area contributed by atoms with Gasteiger partial charge in [-0.15, -0.1) is 0 Å². The number of sulfonamides is 1. The van der Waals surface area contributed by atoms with Crippen LogP contribution in [-0.4, -0.2) is 68.1 Å². The number of ether oxygens (including phenoxy) is 2. The topological polar surface area (TPSA) is 97.8 Å². The second-order valence-electron chi connectivity index (χ2n) is 10.2. The molecule has 1 aliphatic carbocycles. The molecule has 3 atom stereocenters. The molecule has 5 rings (SSSR count). The summed E-state index contributed by atoms with van der Waals surface area (Å²) in [5.74, 6) is -0.0749. The number of nitrogens with zero attached hydrogens (tertiary/aromatic N) is 2. The molecule has 1 amide bonds. The van der Waals surface area contributed by atoms with E-state index in [1.54, 1.807) is 4.90 Å². The van der Waals surface area contributed by atoms with Crippen LogP contribution in [0.1, 0.15) is 74.7 Å². The van der Waals surface area contributed by atoms with Gasteiger partial charge >= 0.3 is 12.3 Å². The number of halogens is 3. The summed E-state index contributed by atoms with van der Waals surface area (Å²) in [5, 5.41) is 0. The van der Waals surface area contributed by atoms with Gasteiger partial charge in [0.15, 0.2) is 0 Å². The van der Waals surface area contributed by atoms with Gasteiger partial charge in [-0.1, -0.05) is 0 Å². The van der Waals surface area contributed by atoms with E-state index < -0.39 is 39.9 Å². The van der Waals surface area contributed by atoms with Gasteiger partial charge in [0.2, 0.25) is 10.0 Å². The number of pyridine rings is 1. The van der Waals surface area contributed by atoms with Gasteiger partial charge in [-0.2, -0.15) is 13.2 Å². The van der Waals surface area contributed by atoms with Gasteiger partial charge < -0.3 is 9.47 Å². The molecular formula is C24H34F3N3O5S. The van der Waals surface area contributed by atoms with E-state index in [2.05, 4.69) is 9.71 Å². The van der Waals surface area contributed by atoms with Gasteiger partial charge in [-0.25, -0.2) is 17.9 Å². The van der Waals surface area contributed by atoms with E-state index in [0.29, 0.717) is 62.8 Å². The molecule has 202 valence electrons. The van der Waals surface area contributed by atoms with Crippen LogP contribution >= 0.6 is 0 Å². The first kappa shape index (κ1) is 27.1. The summed E-state index contributed by atoms with van der Waals surface area (Å²) in [6, 6.07) is 1.04. The van der Waals surface area contributed by atoms with Gasteiger partial charge in [0, 0.05) is 29.4 Å². The van der Waals surface area contributed by atoms with E-state index in [-0.39, 0.29) is 31.3 Å². The Bertz CT molecular complexity index is 1040. The van der Waals surface area contributed by atoms with Crippen molar-refractivity contribution in [3.63, 3.8) is 0 Å². The average Bonchev–Trinajstić information content (AvgIpc) is 3.09. The third-order valence-electron chi connectivity index (χ3n) is 7.34. The molecule has 1 saturated carbocycles. The molecule has 0 spiro atoms. The Morgan fingerprint density at radius 3 is 2.53 bits per heavy atom. The number of carbonyl (C=O) groups excluding carboxylic acids is 1. The standard InChI is InChI=1S/C24H34F3N3O5S/c1-15-11-21(29-36(2,32)33)22-14-35-19-8-6-16(7-9-19)20-13-17(24(25,26)27)12-18(28-20)5-3-4-10-34-23(31)30(15)22/h12-13,15-16,19,21-22,29H,3-11,14H2,1-2H3/t15-,16?,19?,21+,22+/m1/s1. The summed E-state index contributed by atoms with van der Waals surface area (Å²) in [6.45, 7) is 2.10. The largest absolute Gasteiger partial charge is 0.449 e. The molecule has 4 aliphatic rings. The molecule has 0 unspecified atom stereocenters. The first-order chi connectivity index (χ1) is 16.9. The van der Waals surface area contributed by atoms with Crippen molar-refractivity contribution < 1.29 is 35.9 Å². The van der Waals surface area contributed by atoms with Crippen LogP contribution in [0.2, 0.25) is 0 Å². The van der Waals surface area contributed by atoms with Crippen molar-refractivity contribution in [2.24, 2.45) is 0 Å². The molecule has 3 aliphatic heterocycles. The summed E-state index contributed by atoms with van der Waals surface area (Å²) in [4.78, 5) is 19.1. The van der Waals surface area contributed by atoms with Crippen LogP contribution in [0.3, 0.4) is 0 Å². The van der Waals surface area contributed by atoms with Crippen LogP contribution in [0.15, 0.2) is 12.1 Å². The molecule has 4 heterocycles. The monoisotopic (exact) mass is 533 g/mol. The van der Waals surface area contributed by atoms with Crippen LogP contribution in [0.4, 0.5) is 18.0 Å². The van der Waals surface area contributed by atoms with Crippen molar-refractivity contribution in [2.75, 3.05) is 19.5 Å². The smallest absolute Gasteiger partial charge is 0.416 e. The van der Waals surface area contributed by atoms with Crippen LogP contribution in [0, 0.1) is 0 Å². The quantitative estimate of drug-likeness (QED) is 0.617. The van der Waals surface area contributed by atoms with Crippen LogP contribution in [0.25, 0.3) is 0 Å². The zero-order valence-corrected chi connectivity index (χ0v) is 21.4. The molecule has 1 N–H and O–H groups in total. The number of hydrogen-bond donors (Lipinski definition) is 1. The molecule has 12 heteroatoms. The van der Waals surface area contributed by atoms with E-state index in [4.69, 9.17) is 9.47 Å². The lowest BCUT2D eigenvalue weighted by Crippen LogP contribution is -2.50. The second-order valence-corrected chi connectivity index (χ2v) is 12.0. The Morgan fingerprint density at radius 1 is 1.14 bits per heavy atom. The normalized spacial score (nSPS) is 30.5. The maximum atomic E-state index is 13.5. The molecule has 1 aromatic heterocycles. The van der Waals surface area contributed by atoms with Crippen LogP contribution in [-0.2, 0) is 32.1 Å². The fourth-order valence-corrected chi connectivity index (χ4v) is 6.39. The molecule has 2 fully saturated rings. The highest BCUT2D eigenvalue weighted by Crippen LogP contribution is 2.37. The number of fused-ring (bicyclic) bond motifs is 8. The van der Waals surface area contributed by atoms with E-state index >= 15 is 0 Å². The molecule has 1 saturated heterocycles. The van der Waals surface area contributed by atoms with E-state index in [1.807, 2.05) is 6.92 Å². The minimum absolute atomic E-state index is 0.0749. The van der Waals surface area contributed by atoms with Gasteiger partial charge in [-0.3, -0.25) is 9.88 Å². The van der Waals surface area contributed by atoms with Crippen molar-refractivity contribution in [1.82, 2.24) is 14.6 Å². The molecule has 36 heavy (non-hydrogen) atoms. The number of aromatic nitrogens is 1. The highest BCUT2D eigenvalue weighted by molar-refractivity contribution is 7.88. The number of aryl methyl sites for hydroxylation is 1. The number of hydrogen-bond acceptors (Lipinski definition) is 6. The summed E-state index contributed by atoms with van der Waals surface area (Å²) in [5.41, 5.74) is 0.197. The lowest BCUT2D eigenvalue weighted by molar-refractivity contribution is -0.137. The summed E-state index contributed by atoms with van der Waals surface area (Å²) in [7, 11) is -3.50. The lowest BCUT2D eigenvalue weighted by Gasteiger charge is -2.33. The third-order valence-corrected chi connectivity index (χ3v) is 8.07. The zero-order valence-electron chi connectivity index (χ0n) is 20.6. The summed E-state index contributed by atoms with van der Waals surface area (Å²) in [6.07, 6.45) is 0.368. The van der Waals surface area contributed by atoms with Crippen molar-refractivity contribution >= 4 is 16.1 Å². The Kier molecular flexibility index (Phi) is 8.16. The van der Waals surface area contributed by atoms with Crippen molar-refractivity contribution in [3.8, 4) is 0 Å². The van der Waals surface area contributed by atoms with Crippen molar-refractivity contribution in [2.45, 2.75) is 94.6 Å². The minimum Gasteiger partial charge on any atom is -0.449 e. The number of carbonyl (C=O) groups is 1. The van der Waals surface area contributed by atoms with Gasteiger partial charge in [0.1, 0.15) is 0 Å². The molecular weight excluding hydrogens is 499 g/mol. The molecule has 0 radical (unpaired) electrons. The van der Waals surface area contributed by atoms with Gasteiger partial charge in [0.05, 0.1) is 37.2 Å². The second kappa shape index (κ2) is 10.8. The van der Waals surface area contributed by atoms with E-state index in [9.17, 15) is 26.4 Å². The van der Waals surface area contributed by atoms with Crippen molar-refractivity contribution in [1.29, 1.82) is 0 Å². The van der Waals surface area contributed by atoms with Crippen LogP contribution in [0.5, 0.6) is 0 Å². The predicted molar refractivity (Wildman–Crippen MR) is 126 cm³/mol. The Morgan fingerprint density at radius 2 is 1.86 bits per heavy atom. The average molecular weight is 534 g/mol. The Labute approximate surface area is 210 Å². The summed E-state index contributed by atoms with van der Waals surface area (Å²) < 4.78 is 78.8. The fraction of sp³-hybridized carbons (Fsp3) is 0.750. The first-order valence-electron chi connectivity index (χ1n) is 12.5. The SMILES string of the molecule is C[C@@H]1C[C@H](NS(C)(=O)=O)[C@@H]2COC3CCC(CC3)c3cc(C(F)(F)F)cc(n3)CCCCOC(=O)N12. The highest BCUT2D eigenvalue weighted by Gasteiger charge is 2.44. The minimum atomic E-state index is -4.44. The highest BCUT2D eigenvalue weighted by atomic mass is 32.2. The zero-order chi connectivity index (χ0) is 26.1. The maximum Gasteiger partial charge on any atom is 0.416 e. The van der Waals surface area contributed by atoms with Gasteiger partial charge in [-0.05, 0) is 70.4 Å². The predicted octanol–water partition coefficient (Wildman–Crippen LogP) is 4.00. The maximum absolute atomic E-state index is 13.5. The van der Waals surface area contributed by atoms with E-state index in [1.165, 1.54) is 6.07 Å². The number of alkyl halides is 3. The van der Waals surface area contributed by atoms with Crippen molar-refractivity contribution in [3.05, 3.63) is 29.1 Å². The lowest BCUT2D eigenvalue weighted by atomic mass is 9.84. The molecule has 4 bridgehead atoms. The molecule has 1 aromatic rings. The summed E-state index contributed by atoms with van der Waals surface area (Å²) >= 11 is 0. The third kappa shape index (κ3) is 6.69. The first-order valence-corrected chi connectivity index (χ1v) is 14.4. The molecule has 0 aromatic carbocycles. The van der Waals surface area contributed by atoms with Gasteiger partial charge in [0.25, 0.3) is 0 Å². The Hall–Kier alpha value is -1.92. The number of rotatable bonds is 2.